The summed E-state index contributed by atoms with van der Waals surface area (Å²) in [6.07, 6.45) is 1.08. The first kappa shape index (κ1) is 20.5. The van der Waals surface area contributed by atoms with Gasteiger partial charge in [0.2, 0.25) is 0 Å². The first-order chi connectivity index (χ1) is 14.7. The number of anilines is 1. The molecule has 0 saturated carbocycles. The highest BCUT2D eigenvalue weighted by atomic mass is 32.2. The lowest BCUT2D eigenvalue weighted by Gasteiger charge is -2.09. The fraction of sp³-hybridized carbons (Fsp3) is 0.136. The fourth-order valence-electron chi connectivity index (χ4n) is 3.50. The van der Waals surface area contributed by atoms with Gasteiger partial charge in [0.1, 0.15) is 5.56 Å². The van der Waals surface area contributed by atoms with Crippen LogP contribution in [0.1, 0.15) is 21.7 Å². The topological polar surface area (TPSA) is 113 Å². The van der Waals surface area contributed by atoms with Gasteiger partial charge in [-0.25, -0.2) is 17.9 Å². The highest BCUT2D eigenvalue weighted by Gasteiger charge is 2.22. The standard InChI is InChI=1S/C22H20N4O4S/c1-13-19(21(27)24-16-10-7-11-17(12-16)31(3,29)30)22(28)26-20(23-13)18(14(2)25-26)15-8-5-4-6-9-15/h4-12,25H,1-3H3,(H,24,27). The molecule has 9 heteroatoms. The van der Waals surface area contributed by atoms with E-state index in [1.807, 2.05) is 37.3 Å². The minimum atomic E-state index is -3.43. The molecule has 2 heterocycles. The van der Waals surface area contributed by atoms with E-state index in [0.717, 1.165) is 23.1 Å². The van der Waals surface area contributed by atoms with Crippen LogP contribution in [-0.4, -0.2) is 35.2 Å². The Morgan fingerprint density at radius 1 is 1.06 bits per heavy atom. The van der Waals surface area contributed by atoms with Gasteiger partial charge in [-0.3, -0.25) is 14.7 Å². The maximum atomic E-state index is 13.1. The largest absolute Gasteiger partial charge is 0.322 e. The summed E-state index contributed by atoms with van der Waals surface area (Å²) in [6.45, 7) is 3.43. The van der Waals surface area contributed by atoms with Crippen LogP contribution in [0.2, 0.25) is 0 Å². The lowest BCUT2D eigenvalue weighted by atomic mass is 10.1. The second-order valence-corrected chi connectivity index (χ2v) is 9.28. The van der Waals surface area contributed by atoms with Crippen molar-refractivity contribution in [2.45, 2.75) is 18.7 Å². The molecular weight excluding hydrogens is 416 g/mol. The van der Waals surface area contributed by atoms with Crippen LogP contribution in [0.4, 0.5) is 5.69 Å². The number of fused-ring (bicyclic) bond motifs is 1. The summed E-state index contributed by atoms with van der Waals surface area (Å²) in [7, 11) is -3.43. The first-order valence-electron chi connectivity index (χ1n) is 9.45. The van der Waals surface area contributed by atoms with Gasteiger partial charge in [-0.15, -0.1) is 0 Å². The lowest BCUT2D eigenvalue weighted by molar-refractivity contribution is 0.102. The summed E-state index contributed by atoms with van der Waals surface area (Å²) in [5, 5.41) is 5.59. The number of carbonyl (C=O) groups excluding carboxylic acids is 1. The number of aromatic amines is 1. The maximum absolute atomic E-state index is 13.1. The molecule has 31 heavy (non-hydrogen) atoms. The lowest BCUT2D eigenvalue weighted by Crippen LogP contribution is -2.29. The van der Waals surface area contributed by atoms with Crippen molar-refractivity contribution in [2.75, 3.05) is 11.6 Å². The number of aryl methyl sites for hydroxylation is 2. The third-order valence-corrected chi connectivity index (χ3v) is 6.06. The molecule has 2 aromatic carbocycles. The molecular formula is C22H20N4O4S. The smallest absolute Gasteiger partial charge is 0.285 e. The van der Waals surface area contributed by atoms with Crippen LogP contribution in [0.25, 0.3) is 16.8 Å². The van der Waals surface area contributed by atoms with Crippen molar-refractivity contribution >= 4 is 27.1 Å². The number of amides is 1. The molecule has 0 spiro atoms. The van der Waals surface area contributed by atoms with E-state index in [2.05, 4.69) is 15.4 Å². The zero-order valence-electron chi connectivity index (χ0n) is 17.1. The molecule has 0 aliphatic rings. The van der Waals surface area contributed by atoms with Gasteiger partial charge in [0.05, 0.1) is 10.6 Å². The molecule has 0 unspecified atom stereocenters. The summed E-state index contributed by atoms with van der Waals surface area (Å²) in [6, 6.07) is 15.4. The number of hydrogen-bond acceptors (Lipinski definition) is 5. The Hall–Kier alpha value is -3.72. The number of H-pyrrole nitrogens is 1. The predicted molar refractivity (Wildman–Crippen MR) is 118 cm³/mol. The summed E-state index contributed by atoms with van der Waals surface area (Å²) in [5.41, 5.74) is 2.75. The number of benzene rings is 2. The Balaban J connectivity index is 1.79. The number of nitrogens with one attached hydrogen (secondary N) is 2. The Labute approximate surface area is 178 Å². The van der Waals surface area contributed by atoms with E-state index < -0.39 is 21.3 Å². The zero-order chi connectivity index (χ0) is 22.3. The van der Waals surface area contributed by atoms with E-state index in [0.29, 0.717) is 5.65 Å². The summed E-state index contributed by atoms with van der Waals surface area (Å²) in [5.74, 6) is -0.663. The van der Waals surface area contributed by atoms with E-state index >= 15 is 0 Å². The number of aromatic nitrogens is 3. The van der Waals surface area contributed by atoms with Crippen molar-refractivity contribution in [3.63, 3.8) is 0 Å². The highest BCUT2D eigenvalue weighted by molar-refractivity contribution is 7.90. The summed E-state index contributed by atoms with van der Waals surface area (Å²) in [4.78, 5) is 30.6. The fourth-order valence-corrected chi connectivity index (χ4v) is 4.17. The van der Waals surface area contributed by atoms with Crippen molar-refractivity contribution in [1.82, 2.24) is 14.6 Å². The minimum absolute atomic E-state index is 0.0693. The van der Waals surface area contributed by atoms with Gasteiger partial charge >= 0.3 is 0 Å². The van der Waals surface area contributed by atoms with E-state index in [4.69, 9.17) is 0 Å². The van der Waals surface area contributed by atoms with Crippen LogP contribution < -0.4 is 10.9 Å². The molecule has 4 aromatic rings. The summed E-state index contributed by atoms with van der Waals surface area (Å²) < 4.78 is 24.8. The highest BCUT2D eigenvalue weighted by Crippen LogP contribution is 2.26. The van der Waals surface area contributed by atoms with Crippen LogP contribution in [-0.2, 0) is 9.84 Å². The molecule has 0 fully saturated rings. The minimum Gasteiger partial charge on any atom is -0.322 e. The third kappa shape index (κ3) is 3.75. The summed E-state index contributed by atoms with van der Waals surface area (Å²) >= 11 is 0. The zero-order valence-corrected chi connectivity index (χ0v) is 17.9. The number of rotatable bonds is 4. The predicted octanol–water partition coefficient (Wildman–Crippen LogP) is 2.96. The number of sulfone groups is 1. The molecule has 2 N–H and O–H groups in total. The van der Waals surface area contributed by atoms with E-state index in [1.165, 1.54) is 22.7 Å². The average Bonchev–Trinajstić information content (AvgIpc) is 3.04. The van der Waals surface area contributed by atoms with Crippen molar-refractivity contribution < 1.29 is 13.2 Å². The Bertz CT molecular complexity index is 1490. The van der Waals surface area contributed by atoms with Crippen LogP contribution in [0.15, 0.2) is 64.3 Å². The molecule has 0 bridgehead atoms. The molecule has 4 rings (SSSR count). The molecule has 0 saturated heterocycles. The normalized spacial score (nSPS) is 11.6. The maximum Gasteiger partial charge on any atom is 0.285 e. The molecule has 2 aromatic heterocycles. The number of carbonyl (C=O) groups is 1. The monoisotopic (exact) mass is 436 g/mol. The van der Waals surface area contributed by atoms with Gasteiger partial charge in [-0.2, -0.15) is 0 Å². The molecule has 8 nitrogen and oxygen atoms in total. The van der Waals surface area contributed by atoms with E-state index in [-0.39, 0.29) is 21.8 Å². The van der Waals surface area contributed by atoms with Gasteiger partial charge in [0.25, 0.3) is 11.5 Å². The van der Waals surface area contributed by atoms with Crippen LogP contribution in [0.3, 0.4) is 0 Å². The molecule has 1 amide bonds. The molecule has 0 atom stereocenters. The van der Waals surface area contributed by atoms with E-state index in [9.17, 15) is 18.0 Å². The van der Waals surface area contributed by atoms with Gasteiger partial charge in [0.15, 0.2) is 15.5 Å². The number of nitrogens with zero attached hydrogens (tertiary/aromatic N) is 2. The quantitative estimate of drug-likeness (QED) is 0.511. The Kier molecular flexibility index (Phi) is 4.98. The van der Waals surface area contributed by atoms with Crippen molar-refractivity contribution in [2.24, 2.45) is 0 Å². The van der Waals surface area contributed by atoms with Gasteiger partial charge in [0, 0.05) is 23.2 Å². The molecule has 0 aliphatic carbocycles. The molecule has 0 aliphatic heterocycles. The Morgan fingerprint density at radius 2 is 1.77 bits per heavy atom. The van der Waals surface area contributed by atoms with Gasteiger partial charge < -0.3 is 5.32 Å². The van der Waals surface area contributed by atoms with Gasteiger partial charge in [-0.1, -0.05) is 36.4 Å². The van der Waals surface area contributed by atoms with E-state index in [1.54, 1.807) is 13.0 Å². The van der Waals surface area contributed by atoms with Gasteiger partial charge in [-0.05, 0) is 37.6 Å². The molecule has 158 valence electrons. The third-order valence-electron chi connectivity index (χ3n) is 4.95. The number of hydrogen-bond donors (Lipinski definition) is 2. The van der Waals surface area contributed by atoms with Crippen LogP contribution in [0, 0.1) is 13.8 Å². The second kappa shape index (κ2) is 7.51. The first-order valence-corrected chi connectivity index (χ1v) is 11.3. The van der Waals surface area contributed by atoms with Crippen molar-refractivity contribution in [1.29, 1.82) is 0 Å². The average molecular weight is 436 g/mol. The Morgan fingerprint density at radius 3 is 2.45 bits per heavy atom. The molecule has 0 radical (unpaired) electrons. The van der Waals surface area contributed by atoms with Crippen LogP contribution >= 0.6 is 0 Å². The SMILES string of the molecule is Cc1nc2c(-c3ccccc3)c(C)[nH]n2c(=O)c1C(=O)Nc1cccc(S(C)(=O)=O)c1. The second-order valence-electron chi connectivity index (χ2n) is 7.27. The van der Waals surface area contributed by atoms with Crippen molar-refractivity contribution in [3.8, 4) is 11.1 Å². The van der Waals surface area contributed by atoms with Crippen molar-refractivity contribution in [3.05, 3.63) is 81.9 Å². The van der Waals surface area contributed by atoms with Crippen LogP contribution in [0.5, 0.6) is 0 Å².